The predicted molar refractivity (Wildman–Crippen MR) is 80.8 cm³/mol. The molecule has 4 heteroatoms. The molecule has 2 aliphatic rings. The number of ether oxygens (including phenoxy) is 1. The van der Waals surface area contributed by atoms with Gasteiger partial charge in [-0.3, -0.25) is 4.90 Å². The summed E-state index contributed by atoms with van der Waals surface area (Å²) in [4.78, 5) is 2.54. The lowest BCUT2D eigenvalue weighted by Crippen LogP contribution is -2.47. The largest absolute Gasteiger partial charge is 0.488 e. The summed E-state index contributed by atoms with van der Waals surface area (Å²) in [6.45, 7) is 3.40. The lowest BCUT2D eigenvalue weighted by Gasteiger charge is -2.33. The van der Waals surface area contributed by atoms with Crippen molar-refractivity contribution in [1.82, 2.24) is 10.2 Å². The van der Waals surface area contributed by atoms with E-state index >= 15 is 0 Å². The van der Waals surface area contributed by atoms with Crippen LogP contribution in [-0.2, 0) is 6.42 Å². The van der Waals surface area contributed by atoms with Crippen LogP contribution in [0.25, 0.3) is 0 Å². The Labute approximate surface area is 123 Å². The summed E-state index contributed by atoms with van der Waals surface area (Å²) in [5, 5.41) is 3.39. The Kier molecular flexibility index (Phi) is 4.10. The van der Waals surface area contributed by atoms with Gasteiger partial charge in [-0.05, 0) is 50.2 Å². The molecule has 1 aromatic carbocycles. The molecule has 2 heterocycles. The summed E-state index contributed by atoms with van der Waals surface area (Å²) in [6.07, 6.45) is 3.94. The van der Waals surface area contributed by atoms with Crippen molar-refractivity contribution in [2.75, 3.05) is 26.7 Å². The van der Waals surface area contributed by atoms with Crippen LogP contribution in [0.3, 0.4) is 0 Å². The Morgan fingerprint density at radius 1 is 1.47 bits per heavy atom. The quantitative estimate of drug-likeness (QED) is 0.924. The molecule has 1 aromatic rings. The van der Waals surface area contributed by atoms with E-state index in [1.807, 2.05) is 0 Å². The number of benzene rings is 1. The van der Waals surface area contributed by atoms with Gasteiger partial charge in [-0.2, -0.15) is 0 Å². The van der Waals surface area contributed by atoms with Crippen molar-refractivity contribution in [3.63, 3.8) is 0 Å². The van der Waals surface area contributed by atoms with E-state index in [2.05, 4.69) is 51.4 Å². The normalized spacial score (nSPS) is 27.1. The van der Waals surface area contributed by atoms with Crippen molar-refractivity contribution in [3.05, 3.63) is 28.2 Å². The van der Waals surface area contributed by atoms with Crippen LogP contribution in [0.1, 0.15) is 18.4 Å². The average Bonchev–Trinajstić information content (AvgIpc) is 2.80. The zero-order valence-corrected chi connectivity index (χ0v) is 12.9. The van der Waals surface area contributed by atoms with E-state index in [9.17, 15) is 0 Å². The molecular weight excluding hydrogens is 304 g/mol. The Balaban J connectivity index is 1.58. The van der Waals surface area contributed by atoms with Crippen LogP contribution in [0.4, 0.5) is 0 Å². The molecule has 3 rings (SSSR count). The van der Waals surface area contributed by atoms with Crippen LogP contribution >= 0.6 is 15.9 Å². The van der Waals surface area contributed by atoms with Crippen LogP contribution in [0.2, 0.25) is 0 Å². The van der Waals surface area contributed by atoms with E-state index in [1.54, 1.807) is 0 Å². The Bertz CT molecular complexity index is 452. The topological polar surface area (TPSA) is 24.5 Å². The van der Waals surface area contributed by atoms with Crippen molar-refractivity contribution in [2.24, 2.45) is 0 Å². The summed E-state index contributed by atoms with van der Waals surface area (Å²) in [7, 11) is 2.06. The number of likely N-dealkylation sites (N-methyl/N-ethyl adjacent to an activating group) is 1. The SMILES string of the molecule is CNC1CCCN(CC2Cc3cc(Br)ccc3O2)C1. The second-order valence-corrected chi connectivity index (χ2v) is 6.50. The first kappa shape index (κ1) is 13.4. The lowest BCUT2D eigenvalue weighted by atomic mass is 10.0. The molecule has 1 N–H and O–H groups in total. The van der Waals surface area contributed by atoms with Gasteiger partial charge < -0.3 is 10.1 Å². The van der Waals surface area contributed by atoms with Gasteiger partial charge in [0.2, 0.25) is 0 Å². The molecule has 104 valence electrons. The number of likely N-dealkylation sites (tertiary alicyclic amines) is 1. The molecule has 2 aliphatic heterocycles. The highest BCUT2D eigenvalue weighted by Crippen LogP contribution is 2.31. The fourth-order valence-corrected chi connectivity index (χ4v) is 3.54. The third kappa shape index (κ3) is 3.12. The van der Waals surface area contributed by atoms with Gasteiger partial charge in [-0.15, -0.1) is 0 Å². The molecule has 0 spiro atoms. The third-order valence-electron chi connectivity index (χ3n) is 4.14. The molecule has 19 heavy (non-hydrogen) atoms. The summed E-state index contributed by atoms with van der Waals surface area (Å²) in [6, 6.07) is 6.96. The average molecular weight is 325 g/mol. The van der Waals surface area contributed by atoms with Crippen LogP contribution in [0, 0.1) is 0 Å². The molecule has 1 saturated heterocycles. The zero-order chi connectivity index (χ0) is 13.2. The number of halogens is 1. The molecule has 0 aliphatic carbocycles. The number of piperidine rings is 1. The molecule has 2 unspecified atom stereocenters. The molecule has 1 fully saturated rings. The molecule has 0 aromatic heterocycles. The van der Waals surface area contributed by atoms with E-state index < -0.39 is 0 Å². The third-order valence-corrected chi connectivity index (χ3v) is 4.63. The van der Waals surface area contributed by atoms with E-state index in [0.29, 0.717) is 12.1 Å². The van der Waals surface area contributed by atoms with E-state index in [4.69, 9.17) is 4.74 Å². The highest BCUT2D eigenvalue weighted by molar-refractivity contribution is 9.10. The molecular formula is C15H21BrN2O. The number of hydrogen-bond acceptors (Lipinski definition) is 3. The second-order valence-electron chi connectivity index (χ2n) is 5.58. The van der Waals surface area contributed by atoms with Crippen molar-refractivity contribution < 1.29 is 4.74 Å². The first-order valence-electron chi connectivity index (χ1n) is 7.09. The van der Waals surface area contributed by atoms with Crippen molar-refractivity contribution in [3.8, 4) is 5.75 Å². The van der Waals surface area contributed by atoms with Crippen molar-refractivity contribution >= 4 is 15.9 Å². The van der Waals surface area contributed by atoms with Gasteiger partial charge in [-0.1, -0.05) is 15.9 Å². The van der Waals surface area contributed by atoms with E-state index in [0.717, 1.165) is 29.7 Å². The molecule has 2 atom stereocenters. The molecule has 0 radical (unpaired) electrons. The van der Waals surface area contributed by atoms with E-state index in [-0.39, 0.29) is 0 Å². The minimum atomic E-state index is 0.319. The lowest BCUT2D eigenvalue weighted by molar-refractivity contribution is 0.121. The van der Waals surface area contributed by atoms with Crippen LogP contribution in [-0.4, -0.2) is 43.7 Å². The van der Waals surface area contributed by atoms with Gasteiger partial charge in [0.25, 0.3) is 0 Å². The maximum atomic E-state index is 6.05. The minimum Gasteiger partial charge on any atom is -0.488 e. The molecule has 0 bridgehead atoms. The van der Waals surface area contributed by atoms with Crippen molar-refractivity contribution in [1.29, 1.82) is 0 Å². The molecule has 0 saturated carbocycles. The maximum absolute atomic E-state index is 6.05. The Morgan fingerprint density at radius 2 is 2.37 bits per heavy atom. The van der Waals surface area contributed by atoms with Gasteiger partial charge in [0, 0.05) is 30.0 Å². The van der Waals surface area contributed by atoms with Gasteiger partial charge in [0.05, 0.1) is 0 Å². The van der Waals surface area contributed by atoms with Crippen LogP contribution in [0.15, 0.2) is 22.7 Å². The Hall–Kier alpha value is -0.580. The summed E-state index contributed by atoms with van der Waals surface area (Å²) in [5.74, 6) is 1.07. The summed E-state index contributed by atoms with van der Waals surface area (Å²) in [5.41, 5.74) is 1.33. The molecule has 0 amide bonds. The highest BCUT2D eigenvalue weighted by Gasteiger charge is 2.27. The minimum absolute atomic E-state index is 0.319. The van der Waals surface area contributed by atoms with Gasteiger partial charge in [-0.25, -0.2) is 0 Å². The standard InChI is InChI=1S/C15H21BrN2O/c1-17-13-3-2-6-18(9-13)10-14-8-11-7-12(16)4-5-15(11)19-14/h4-5,7,13-14,17H,2-3,6,8-10H2,1H3. The fraction of sp³-hybridized carbons (Fsp3) is 0.600. The first-order chi connectivity index (χ1) is 9.24. The van der Waals surface area contributed by atoms with Crippen LogP contribution in [0.5, 0.6) is 5.75 Å². The van der Waals surface area contributed by atoms with Crippen LogP contribution < -0.4 is 10.1 Å². The number of rotatable bonds is 3. The Morgan fingerprint density at radius 3 is 3.21 bits per heavy atom. The van der Waals surface area contributed by atoms with Gasteiger partial charge in [0.15, 0.2) is 0 Å². The molecule has 3 nitrogen and oxygen atoms in total. The van der Waals surface area contributed by atoms with Crippen molar-refractivity contribution in [2.45, 2.75) is 31.4 Å². The first-order valence-corrected chi connectivity index (χ1v) is 7.88. The fourth-order valence-electron chi connectivity index (χ4n) is 3.14. The van der Waals surface area contributed by atoms with E-state index in [1.165, 1.54) is 24.9 Å². The second kappa shape index (κ2) is 5.81. The number of nitrogens with one attached hydrogen (secondary N) is 1. The number of hydrogen-bond donors (Lipinski definition) is 1. The van der Waals surface area contributed by atoms with Gasteiger partial charge >= 0.3 is 0 Å². The zero-order valence-electron chi connectivity index (χ0n) is 11.4. The van der Waals surface area contributed by atoms with Gasteiger partial charge in [0.1, 0.15) is 11.9 Å². The number of nitrogens with zero attached hydrogens (tertiary/aromatic N) is 1. The smallest absolute Gasteiger partial charge is 0.123 e. The summed E-state index contributed by atoms with van der Waals surface area (Å²) >= 11 is 3.53. The maximum Gasteiger partial charge on any atom is 0.123 e. The predicted octanol–water partition coefficient (Wildman–Crippen LogP) is 2.44. The number of fused-ring (bicyclic) bond motifs is 1. The summed E-state index contributed by atoms with van der Waals surface area (Å²) < 4.78 is 7.19. The monoisotopic (exact) mass is 324 g/mol. The highest BCUT2D eigenvalue weighted by atomic mass is 79.9.